The van der Waals surface area contributed by atoms with E-state index in [1.807, 2.05) is 24.3 Å². The number of benzene rings is 2. The summed E-state index contributed by atoms with van der Waals surface area (Å²) in [6, 6.07) is 10.6. The molecule has 0 N–H and O–H groups in total. The van der Waals surface area contributed by atoms with Crippen LogP contribution in [0.4, 0.5) is 14.5 Å². The van der Waals surface area contributed by atoms with Crippen LogP contribution in [0.2, 0.25) is 0 Å². The van der Waals surface area contributed by atoms with Crippen LogP contribution in [0.1, 0.15) is 16.8 Å². The van der Waals surface area contributed by atoms with Crippen LogP contribution >= 0.6 is 15.9 Å². The van der Waals surface area contributed by atoms with Gasteiger partial charge in [0.15, 0.2) is 0 Å². The van der Waals surface area contributed by atoms with E-state index in [2.05, 4.69) is 15.9 Å². The first-order valence-corrected chi connectivity index (χ1v) is 10.8. The molecule has 2 fully saturated rings. The molecule has 0 aliphatic carbocycles. The standard InChI is InChI=1S/C22H20BrF2N3O3/c23-15-4-1-2-7-18(15)28-9-8-14(21(28)30)20(29)26-10-12-27(13-11-26)22(31)19-16(24)5-3-6-17(19)25/h1-7,14H,8-13H2. The van der Waals surface area contributed by atoms with Gasteiger partial charge in [-0.25, -0.2) is 8.78 Å². The molecule has 2 aromatic rings. The molecule has 2 aliphatic heterocycles. The molecule has 9 heteroatoms. The van der Waals surface area contributed by atoms with Gasteiger partial charge in [0, 0.05) is 37.2 Å². The SMILES string of the molecule is O=C(c1c(F)cccc1F)N1CCN(C(=O)C2CCN(c3ccccc3Br)C2=O)CC1. The number of nitrogens with zero attached hydrogens (tertiary/aromatic N) is 3. The molecule has 31 heavy (non-hydrogen) atoms. The summed E-state index contributed by atoms with van der Waals surface area (Å²) in [7, 11) is 0. The Kier molecular flexibility index (Phi) is 6.04. The van der Waals surface area contributed by atoms with Crippen molar-refractivity contribution in [1.82, 2.24) is 9.80 Å². The van der Waals surface area contributed by atoms with Crippen LogP contribution in [-0.2, 0) is 9.59 Å². The van der Waals surface area contributed by atoms with Crippen LogP contribution in [0.5, 0.6) is 0 Å². The second-order valence-electron chi connectivity index (χ2n) is 7.50. The summed E-state index contributed by atoms with van der Waals surface area (Å²) in [5.41, 5.74) is 0.141. The molecule has 2 aromatic carbocycles. The second kappa shape index (κ2) is 8.74. The van der Waals surface area contributed by atoms with Crippen molar-refractivity contribution in [3.05, 3.63) is 64.1 Å². The number of para-hydroxylation sites is 1. The molecule has 0 bridgehead atoms. The van der Waals surface area contributed by atoms with Crippen LogP contribution in [0.25, 0.3) is 0 Å². The third kappa shape index (κ3) is 4.06. The first-order valence-electron chi connectivity index (χ1n) is 9.96. The Labute approximate surface area is 186 Å². The Morgan fingerprint density at radius 2 is 1.48 bits per heavy atom. The minimum Gasteiger partial charge on any atom is -0.338 e. The predicted molar refractivity (Wildman–Crippen MR) is 113 cm³/mol. The molecule has 162 valence electrons. The minimum atomic E-state index is -0.910. The van der Waals surface area contributed by atoms with Gasteiger partial charge in [0.1, 0.15) is 23.1 Å². The van der Waals surface area contributed by atoms with Crippen molar-refractivity contribution in [2.45, 2.75) is 6.42 Å². The smallest absolute Gasteiger partial charge is 0.259 e. The Hall–Kier alpha value is -2.81. The maximum atomic E-state index is 13.9. The molecule has 2 heterocycles. The Morgan fingerprint density at radius 1 is 0.871 bits per heavy atom. The van der Waals surface area contributed by atoms with Gasteiger partial charge in [0.05, 0.1) is 5.69 Å². The van der Waals surface area contributed by atoms with E-state index in [0.717, 1.165) is 22.3 Å². The number of piperazine rings is 1. The predicted octanol–water partition coefficient (Wildman–Crippen LogP) is 3.06. The second-order valence-corrected chi connectivity index (χ2v) is 8.35. The quantitative estimate of drug-likeness (QED) is 0.620. The average Bonchev–Trinajstić information content (AvgIpc) is 3.14. The van der Waals surface area contributed by atoms with Gasteiger partial charge in [0.2, 0.25) is 11.8 Å². The Balaban J connectivity index is 1.39. The maximum absolute atomic E-state index is 13.9. The minimum absolute atomic E-state index is 0.146. The number of amides is 3. The van der Waals surface area contributed by atoms with Gasteiger partial charge in [-0.3, -0.25) is 14.4 Å². The van der Waals surface area contributed by atoms with Crippen LogP contribution in [0.3, 0.4) is 0 Å². The maximum Gasteiger partial charge on any atom is 0.259 e. The largest absolute Gasteiger partial charge is 0.338 e. The van der Waals surface area contributed by atoms with Crippen molar-refractivity contribution in [1.29, 1.82) is 0 Å². The number of carbonyl (C=O) groups is 3. The molecule has 0 spiro atoms. The fraction of sp³-hybridized carbons (Fsp3) is 0.318. The molecule has 0 aromatic heterocycles. The van der Waals surface area contributed by atoms with Gasteiger partial charge in [-0.05, 0) is 46.6 Å². The van der Waals surface area contributed by atoms with E-state index in [4.69, 9.17) is 0 Å². The van der Waals surface area contributed by atoms with E-state index in [-0.39, 0.29) is 38.0 Å². The topological polar surface area (TPSA) is 60.9 Å². The van der Waals surface area contributed by atoms with E-state index < -0.39 is 29.0 Å². The lowest BCUT2D eigenvalue weighted by Crippen LogP contribution is -2.53. The van der Waals surface area contributed by atoms with Crippen molar-refractivity contribution < 1.29 is 23.2 Å². The molecule has 1 unspecified atom stereocenters. The highest BCUT2D eigenvalue weighted by Crippen LogP contribution is 2.32. The monoisotopic (exact) mass is 491 g/mol. The van der Waals surface area contributed by atoms with E-state index in [0.29, 0.717) is 13.0 Å². The molecule has 2 aliphatic rings. The Bertz CT molecular complexity index is 1020. The lowest BCUT2D eigenvalue weighted by atomic mass is 10.1. The average molecular weight is 492 g/mol. The molecule has 0 radical (unpaired) electrons. The highest BCUT2D eigenvalue weighted by molar-refractivity contribution is 9.10. The first-order chi connectivity index (χ1) is 14.9. The summed E-state index contributed by atoms with van der Waals surface area (Å²) in [5, 5.41) is 0. The number of hydrogen-bond acceptors (Lipinski definition) is 3. The van der Waals surface area contributed by atoms with Crippen LogP contribution in [-0.4, -0.2) is 60.2 Å². The lowest BCUT2D eigenvalue weighted by Gasteiger charge is -2.35. The zero-order valence-electron chi connectivity index (χ0n) is 16.6. The summed E-state index contributed by atoms with van der Waals surface area (Å²) < 4.78 is 28.6. The Morgan fingerprint density at radius 3 is 2.13 bits per heavy atom. The van der Waals surface area contributed by atoms with Crippen molar-refractivity contribution in [2.75, 3.05) is 37.6 Å². The highest BCUT2D eigenvalue weighted by atomic mass is 79.9. The van der Waals surface area contributed by atoms with Crippen molar-refractivity contribution in [3.63, 3.8) is 0 Å². The first kappa shape index (κ1) is 21.4. The third-order valence-corrected chi connectivity index (χ3v) is 6.37. The van der Waals surface area contributed by atoms with Gasteiger partial charge < -0.3 is 14.7 Å². The van der Waals surface area contributed by atoms with Gasteiger partial charge in [-0.1, -0.05) is 18.2 Å². The van der Waals surface area contributed by atoms with Crippen LogP contribution in [0, 0.1) is 17.6 Å². The molecular weight excluding hydrogens is 472 g/mol. The summed E-state index contributed by atoms with van der Waals surface area (Å²) >= 11 is 3.44. The van der Waals surface area contributed by atoms with Gasteiger partial charge in [-0.15, -0.1) is 0 Å². The zero-order valence-corrected chi connectivity index (χ0v) is 18.1. The zero-order chi connectivity index (χ0) is 22.1. The van der Waals surface area contributed by atoms with Gasteiger partial charge >= 0.3 is 0 Å². The molecular formula is C22H20BrF2N3O3. The molecule has 1 atom stereocenters. The molecule has 0 saturated carbocycles. The fourth-order valence-corrected chi connectivity index (χ4v) is 4.53. The van der Waals surface area contributed by atoms with E-state index in [1.54, 1.807) is 9.80 Å². The number of carbonyl (C=O) groups excluding carboxylic acids is 3. The number of halogens is 3. The van der Waals surface area contributed by atoms with Crippen molar-refractivity contribution >= 4 is 39.3 Å². The fourth-order valence-electron chi connectivity index (χ4n) is 4.03. The number of anilines is 1. The number of hydrogen-bond donors (Lipinski definition) is 0. The summed E-state index contributed by atoms with van der Waals surface area (Å²) in [6.45, 7) is 1.15. The third-order valence-electron chi connectivity index (χ3n) is 5.70. The van der Waals surface area contributed by atoms with Crippen LogP contribution in [0.15, 0.2) is 46.9 Å². The van der Waals surface area contributed by atoms with Gasteiger partial charge in [-0.2, -0.15) is 0 Å². The normalized spacial score (nSPS) is 19.1. The van der Waals surface area contributed by atoms with E-state index >= 15 is 0 Å². The van der Waals surface area contributed by atoms with E-state index in [9.17, 15) is 23.2 Å². The lowest BCUT2D eigenvalue weighted by molar-refractivity contribution is -0.141. The van der Waals surface area contributed by atoms with Crippen molar-refractivity contribution in [3.8, 4) is 0 Å². The molecule has 6 nitrogen and oxygen atoms in total. The molecule has 4 rings (SSSR count). The molecule has 3 amide bonds. The summed E-state index contributed by atoms with van der Waals surface area (Å²) in [5.74, 6) is -3.84. The molecule has 2 saturated heterocycles. The van der Waals surface area contributed by atoms with E-state index in [1.165, 1.54) is 11.0 Å². The highest BCUT2D eigenvalue weighted by Gasteiger charge is 2.41. The summed E-state index contributed by atoms with van der Waals surface area (Å²) in [4.78, 5) is 42.9. The number of rotatable bonds is 3. The van der Waals surface area contributed by atoms with Crippen LogP contribution < -0.4 is 4.90 Å². The summed E-state index contributed by atoms with van der Waals surface area (Å²) in [6.07, 6.45) is 0.415. The van der Waals surface area contributed by atoms with Gasteiger partial charge in [0.25, 0.3) is 5.91 Å². The van der Waals surface area contributed by atoms with Crippen molar-refractivity contribution in [2.24, 2.45) is 5.92 Å².